The van der Waals surface area contributed by atoms with Crippen LogP contribution in [0.3, 0.4) is 0 Å². The molecule has 3 N–H and O–H groups in total. The average Bonchev–Trinajstić information content (AvgIpc) is 2.56. The minimum absolute atomic E-state index is 0.202. The molecule has 3 amide bonds. The van der Waals surface area contributed by atoms with Crippen LogP contribution in [-0.2, 0) is 4.79 Å². The second-order valence-electron chi connectivity index (χ2n) is 7.11. The van der Waals surface area contributed by atoms with Crippen LogP contribution in [0.4, 0.5) is 10.5 Å². The third-order valence-electron chi connectivity index (χ3n) is 5.07. The van der Waals surface area contributed by atoms with Crippen molar-refractivity contribution >= 4 is 17.6 Å². The van der Waals surface area contributed by atoms with Gasteiger partial charge in [-0.1, -0.05) is 35.9 Å². The van der Waals surface area contributed by atoms with Crippen LogP contribution in [0, 0.1) is 19.8 Å². The van der Waals surface area contributed by atoms with Crippen LogP contribution < -0.4 is 20.7 Å². The van der Waals surface area contributed by atoms with Gasteiger partial charge in [-0.25, -0.2) is 4.79 Å². The number of carbonyl (C=O) groups is 2. The Morgan fingerprint density at radius 2 is 1.96 bits per heavy atom. The lowest BCUT2D eigenvalue weighted by molar-refractivity contribution is -0.133. The maximum atomic E-state index is 13.2. The van der Waals surface area contributed by atoms with Crippen LogP contribution in [-0.4, -0.2) is 17.7 Å². The molecule has 0 spiro atoms. The molecule has 2 aliphatic heterocycles. The van der Waals surface area contributed by atoms with Crippen molar-refractivity contribution in [3.8, 4) is 5.75 Å². The molecular weight excluding hydrogens is 330 g/mol. The van der Waals surface area contributed by atoms with Crippen molar-refractivity contribution in [1.82, 2.24) is 10.6 Å². The first-order valence-corrected chi connectivity index (χ1v) is 8.62. The highest BCUT2D eigenvalue weighted by Crippen LogP contribution is 2.45. The molecule has 1 saturated heterocycles. The van der Waals surface area contributed by atoms with Gasteiger partial charge in [-0.05, 0) is 38.5 Å². The molecule has 2 aliphatic rings. The van der Waals surface area contributed by atoms with E-state index in [0.717, 1.165) is 22.4 Å². The topological polar surface area (TPSA) is 79.5 Å². The molecule has 3 atom stereocenters. The maximum Gasteiger partial charge on any atom is 0.318 e. The predicted octanol–water partition coefficient (Wildman–Crippen LogP) is 3.02. The first-order valence-electron chi connectivity index (χ1n) is 8.62. The van der Waals surface area contributed by atoms with Gasteiger partial charge in [0.15, 0.2) is 5.72 Å². The number of nitrogens with one attached hydrogen (secondary N) is 3. The van der Waals surface area contributed by atoms with E-state index >= 15 is 0 Å². The van der Waals surface area contributed by atoms with E-state index in [-0.39, 0.29) is 11.9 Å². The number of amides is 3. The molecule has 2 heterocycles. The molecule has 6 heteroatoms. The molecule has 2 aromatic carbocycles. The van der Waals surface area contributed by atoms with Gasteiger partial charge >= 0.3 is 6.03 Å². The summed E-state index contributed by atoms with van der Waals surface area (Å²) >= 11 is 0. The monoisotopic (exact) mass is 351 g/mol. The number of hydrogen-bond acceptors (Lipinski definition) is 3. The molecule has 0 saturated carbocycles. The van der Waals surface area contributed by atoms with Gasteiger partial charge in [0.2, 0.25) is 5.91 Å². The summed E-state index contributed by atoms with van der Waals surface area (Å²) in [7, 11) is 0. The van der Waals surface area contributed by atoms with E-state index in [1.807, 2.05) is 56.3 Å². The van der Waals surface area contributed by atoms with Crippen molar-refractivity contribution in [3.63, 3.8) is 0 Å². The molecule has 26 heavy (non-hydrogen) atoms. The molecule has 0 aromatic heterocycles. The second kappa shape index (κ2) is 5.76. The normalized spacial score (nSPS) is 26.0. The summed E-state index contributed by atoms with van der Waals surface area (Å²) in [5, 5.41) is 8.65. The molecule has 1 fully saturated rings. The zero-order chi connectivity index (χ0) is 18.5. The predicted molar refractivity (Wildman–Crippen MR) is 97.9 cm³/mol. The Labute approximate surface area is 151 Å². The standard InChI is InChI=1S/C20H21N3O3/c1-11-8-9-14(12(2)10-11)21-18(24)16-17-13-6-4-5-7-15(13)26-20(16,3)23-19(25)22-17/h4-10,16-17H,1-3H3,(H,21,24)(H2,22,23,25)/t16-,17-,20+/m1/s1. The number of carbonyl (C=O) groups excluding carboxylic acids is 2. The van der Waals surface area contributed by atoms with Crippen molar-refractivity contribution in [1.29, 1.82) is 0 Å². The first kappa shape index (κ1) is 16.4. The lowest BCUT2D eigenvalue weighted by atomic mass is 9.80. The van der Waals surface area contributed by atoms with Crippen LogP contribution in [0.15, 0.2) is 42.5 Å². The number of rotatable bonds is 2. The number of benzene rings is 2. The molecule has 4 rings (SSSR count). The van der Waals surface area contributed by atoms with Crippen LogP contribution in [0.2, 0.25) is 0 Å². The summed E-state index contributed by atoms with van der Waals surface area (Å²) < 4.78 is 6.05. The van der Waals surface area contributed by atoms with E-state index in [1.54, 1.807) is 6.92 Å². The number of hydrogen-bond donors (Lipinski definition) is 3. The van der Waals surface area contributed by atoms with E-state index in [4.69, 9.17) is 4.74 Å². The summed E-state index contributed by atoms with van der Waals surface area (Å²) in [4.78, 5) is 25.2. The zero-order valence-electron chi connectivity index (χ0n) is 14.9. The van der Waals surface area contributed by atoms with Gasteiger partial charge < -0.3 is 15.4 Å². The Bertz CT molecular complexity index is 911. The van der Waals surface area contributed by atoms with Gasteiger partial charge in [0.1, 0.15) is 11.7 Å². The summed E-state index contributed by atoms with van der Waals surface area (Å²) in [6.45, 7) is 5.70. The summed E-state index contributed by atoms with van der Waals surface area (Å²) in [5.41, 5.74) is 2.56. The van der Waals surface area contributed by atoms with Crippen LogP contribution in [0.1, 0.15) is 29.7 Å². The Kier molecular flexibility index (Phi) is 3.64. The number of urea groups is 1. The molecule has 6 nitrogen and oxygen atoms in total. The highest BCUT2D eigenvalue weighted by Gasteiger charge is 2.55. The van der Waals surface area contributed by atoms with E-state index in [9.17, 15) is 9.59 Å². The fourth-order valence-corrected chi connectivity index (χ4v) is 3.85. The zero-order valence-corrected chi connectivity index (χ0v) is 14.9. The minimum atomic E-state index is -1.12. The largest absolute Gasteiger partial charge is 0.467 e. The van der Waals surface area contributed by atoms with Crippen molar-refractivity contribution in [3.05, 3.63) is 59.2 Å². The van der Waals surface area contributed by atoms with Crippen molar-refractivity contribution in [2.24, 2.45) is 5.92 Å². The molecular formula is C20H21N3O3. The van der Waals surface area contributed by atoms with Crippen molar-refractivity contribution < 1.29 is 14.3 Å². The van der Waals surface area contributed by atoms with Gasteiger partial charge in [-0.3, -0.25) is 10.1 Å². The summed E-state index contributed by atoms with van der Waals surface area (Å²) in [5.74, 6) is -0.148. The number of anilines is 1. The third-order valence-corrected chi connectivity index (χ3v) is 5.07. The van der Waals surface area contributed by atoms with Gasteiger partial charge in [-0.2, -0.15) is 0 Å². The third kappa shape index (κ3) is 2.58. The molecule has 134 valence electrons. The molecule has 0 unspecified atom stereocenters. The smallest absolute Gasteiger partial charge is 0.318 e. The van der Waals surface area contributed by atoms with Crippen molar-refractivity contribution in [2.45, 2.75) is 32.5 Å². The van der Waals surface area contributed by atoms with E-state index < -0.39 is 17.7 Å². The minimum Gasteiger partial charge on any atom is -0.467 e. The summed E-state index contributed by atoms with van der Waals surface area (Å²) in [6.07, 6.45) is 0. The first-order chi connectivity index (χ1) is 12.4. The molecule has 0 radical (unpaired) electrons. The number of aryl methyl sites for hydroxylation is 2. The van der Waals surface area contributed by atoms with E-state index in [1.165, 1.54) is 0 Å². The lowest BCUT2D eigenvalue weighted by Gasteiger charge is -2.49. The molecule has 2 bridgehead atoms. The van der Waals surface area contributed by atoms with Gasteiger partial charge in [0.05, 0.1) is 6.04 Å². The average molecular weight is 351 g/mol. The highest BCUT2D eigenvalue weighted by atomic mass is 16.5. The Morgan fingerprint density at radius 1 is 1.19 bits per heavy atom. The lowest BCUT2D eigenvalue weighted by Crippen LogP contribution is -2.70. The quantitative estimate of drug-likeness (QED) is 0.778. The number of ether oxygens (including phenoxy) is 1. The van der Waals surface area contributed by atoms with Gasteiger partial charge in [0.25, 0.3) is 0 Å². The SMILES string of the molecule is Cc1ccc(NC(=O)[C@H]2[C@@H]3NC(=O)N[C@@]2(C)Oc2ccccc23)c(C)c1. The molecule has 2 aromatic rings. The fourth-order valence-electron chi connectivity index (χ4n) is 3.85. The Morgan fingerprint density at radius 3 is 2.73 bits per heavy atom. The van der Waals surface area contributed by atoms with Crippen LogP contribution in [0.5, 0.6) is 5.75 Å². The van der Waals surface area contributed by atoms with Gasteiger partial charge in [-0.15, -0.1) is 0 Å². The Hall–Kier alpha value is -3.02. The maximum absolute atomic E-state index is 13.2. The van der Waals surface area contributed by atoms with Gasteiger partial charge in [0, 0.05) is 11.3 Å². The van der Waals surface area contributed by atoms with Crippen LogP contribution in [0.25, 0.3) is 0 Å². The number of para-hydroxylation sites is 1. The number of fused-ring (bicyclic) bond motifs is 4. The van der Waals surface area contributed by atoms with Crippen LogP contribution >= 0.6 is 0 Å². The van der Waals surface area contributed by atoms with E-state index in [2.05, 4.69) is 16.0 Å². The molecule has 0 aliphatic carbocycles. The fraction of sp³-hybridized carbons (Fsp3) is 0.300. The summed E-state index contributed by atoms with van der Waals surface area (Å²) in [6, 6.07) is 12.5. The Balaban J connectivity index is 1.71. The second-order valence-corrected chi connectivity index (χ2v) is 7.11. The highest BCUT2D eigenvalue weighted by molar-refractivity contribution is 5.96. The van der Waals surface area contributed by atoms with Crippen molar-refractivity contribution in [2.75, 3.05) is 5.32 Å². The van der Waals surface area contributed by atoms with E-state index in [0.29, 0.717) is 5.75 Å².